The van der Waals surface area contributed by atoms with Crippen LogP contribution in [0.25, 0.3) is 0 Å². The Kier molecular flexibility index (Phi) is 2.37. The summed E-state index contributed by atoms with van der Waals surface area (Å²) in [5, 5.41) is 7.90. The fraction of sp³-hybridized carbons (Fsp3) is 0.727. The van der Waals surface area contributed by atoms with Crippen molar-refractivity contribution in [2.45, 2.75) is 25.9 Å². The molecule has 1 aromatic rings. The average molecular weight is 221 g/mol. The van der Waals surface area contributed by atoms with E-state index in [2.05, 4.69) is 26.9 Å². The molecular formula is C11H19N5. The SMILES string of the molecule is CCN1CC(n2nc(N)c3c2CNCC3)C1. The Hall–Kier alpha value is -1.07. The maximum Gasteiger partial charge on any atom is 0.149 e. The second-order valence-electron chi connectivity index (χ2n) is 4.69. The number of likely N-dealkylation sites (tertiary alicyclic amines) is 1. The molecule has 0 bridgehead atoms. The minimum absolute atomic E-state index is 0.533. The molecule has 1 saturated heterocycles. The first-order chi connectivity index (χ1) is 7.79. The van der Waals surface area contributed by atoms with Gasteiger partial charge in [0.1, 0.15) is 5.82 Å². The summed E-state index contributed by atoms with van der Waals surface area (Å²) < 4.78 is 2.16. The first kappa shape index (κ1) is 10.1. The second-order valence-corrected chi connectivity index (χ2v) is 4.69. The maximum atomic E-state index is 5.97. The number of hydrogen-bond donors (Lipinski definition) is 2. The monoisotopic (exact) mass is 221 g/mol. The van der Waals surface area contributed by atoms with Crippen LogP contribution in [-0.4, -0.2) is 40.9 Å². The molecule has 5 heteroatoms. The van der Waals surface area contributed by atoms with Crippen LogP contribution in [0, 0.1) is 0 Å². The lowest BCUT2D eigenvalue weighted by Crippen LogP contribution is -2.48. The van der Waals surface area contributed by atoms with E-state index in [1.165, 1.54) is 11.3 Å². The van der Waals surface area contributed by atoms with E-state index in [4.69, 9.17) is 5.73 Å². The minimum Gasteiger partial charge on any atom is -0.382 e. The number of anilines is 1. The van der Waals surface area contributed by atoms with Crippen molar-refractivity contribution in [2.24, 2.45) is 0 Å². The second kappa shape index (κ2) is 3.75. The van der Waals surface area contributed by atoms with Gasteiger partial charge in [-0.2, -0.15) is 5.10 Å². The summed E-state index contributed by atoms with van der Waals surface area (Å²) in [5.74, 6) is 0.742. The van der Waals surface area contributed by atoms with Crippen LogP contribution in [0.5, 0.6) is 0 Å². The van der Waals surface area contributed by atoms with E-state index in [0.29, 0.717) is 6.04 Å². The highest BCUT2D eigenvalue weighted by atomic mass is 15.4. The number of fused-ring (bicyclic) bond motifs is 1. The predicted octanol–water partition coefficient (Wildman–Crippen LogP) is -0.0124. The number of rotatable bonds is 2. The summed E-state index contributed by atoms with van der Waals surface area (Å²) in [7, 11) is 0. The van der Waals surface area contributed by atoms with Crippen molar-refractivity contribution in [1.82, 2.24) is 20.0 Å². The summed E-state index contributed by atoms with van der Waals surface area (Å²) in [5.41, 5.74) is 8.55. The maximum absolute atomic E-state index is 5.97. The molecule has 2 aliphatic rings. The lowest BCUT2D eigenvalue weighted by molar-refractivity contribution is 0.103. The summed E-state index contributed by atoms with van der Waals surface area (Å²) in [6.45, 7) is 7.50. The fourth-order valence-electron chi connectivity index (χ4n) is 2.66. The molecule has 2 aliphatic heterocycles. The minimum atomic E-state index is 0.533. The van der Waals surface area contributed by atoms with Crippen LogP contribution in [0.1, 0.15) is 24.2 Å². The first-order valence-electron chi connectivity index (χ1n) is 6.08. The van der Waals surface area contributed by atoms with Crippen molar-refractivity contribution in [2.75, 3.05) is 31.9 Å². The number of nitrogens with one attached hydrogen (secondary N) is 1. The molecule has 0 aliphatic carbocycles. The Labute approximate surface area is 95.6 Å². The van der Waals surface area contributed by atoms with E-state index in [1.54, 1.807) is 0 Å². The van der Waals surface area contributed by atoms with Gasteiger partial charge in [0.05, 0.1) is 11.7 Å². The highest BCUT2D eigenvalue weighted by molar-refractivity contribution is 5.44. The van der Waals surface area contributed by atoms with Gasteiger partial charge in [0.2, 0.25) is 0 Å². The molecule has 1 aromatic heterocycles. The standard InChI is InChI=1S/C11H19N5/c1-2-15-6-8(7-15)16-10-5-13-4-3-9(10)11(12)14-16/h8,13H,2-7H2,1H3,(H2,12,14). The number of aromatic nitrogens is 2. The number of likely N-dealkylation sites (N-methyl/N-ethyl adjacent to an activating group) is 1. The highest BCUT2D eigenvalue weighted by Crippen LogP contribution is 2.27. The molecule has 0 atom stereocenters. The topological polar surface area (TPSA) is 59.1 Å². The molecule has 3 rings (SSSR count). The Bertz CT molecular complexity index is 391. The van der Waals surface area contributed by atoms with Gasteiger partial charge in [-0.05, 0) is 19.5 Å². The summed E-state index contributed by atoms with van der Waals surface area (Å²) >= 11 is 0. The summed E-state index contributed by atoms with van der Waals surface area (Å²) in [4.78, 5) is 2.42. The quantitative estimate of drug-likeness (QED) is 0.737. The third-order valence-corrected chi connectivity index (χ3v) is 3.72. The predicted molar refractivity (Wildman–Crippen MR) is 63.2 cm³/mol. The smallest absolute Gasteiger partial charge is 0.149 e. The molecular weight excluding hydrogens is 202 g/mol. The molecule has 0 amide bonds. The van der Waals surface area contributed by atoms with Gasteiger partial charge in [-0.15, -0.1) is 0 Å². The van der Waals surface area contributed by atoms with Gasteiger partial charge in [-0.3, -0.25) is 9.58 Å². The highest BCUT2D eigenvalue weighted by Gasteiger charge is 2.31. The van der Waals surface area contributed by atoms with E-state index >= 15 is 0 Å². The van der Waals surface area contributed by atoms with Crippen LogP contribution in [0.3, 0.4) is 0 Å². The zero-order chi connectivity index (χ0) is 11.1. The van der Waals surface area contributed by atoms with Crippen molar-refractivity contribution in [3.8, 4) is 0 Å². The van der Waals surface area contributed by atoms with Crippen molar-refractivity contribution in [1.29, 1.82) is 0 Å². The van der Waals surface area contributed by atoms with Crippen molar-refractivity contribution >= 4 is 5.82 Å². The average Bonchev–Trinajstić information content (AvgIpc) is 2.56. The molecule has 5 nitrogen and oxygen atoms in total. The van der Waals surface area contributed by atoms with Crippen LogP contribution in [-0.2, 0) is 13.0 Å². The van der Waals surface area contributed by atoms with Crippen LogP contribution in [0.15, 0.2) is 0 Å². The van der Waals surface area contributed by atoms with Crippen LogP contribution >= 0.6 is 0 Å². The number of nitrogens with two attached hydrogens (primary N) is 1. The first-order valence-corrected chi connectivity index (χ1v) is 6.08. The van der Waals surface area contributed by atoms with Gasteiger partial charge in [0.25, 0.3) is 0 Å². The Morgan fingerprint density at radius 3 is 3.06 bits per heavy atom. The molecule has 1 fully saturated rings. The molecule has 0 saturated carbocycles. The van der Waals surface area contributed by atoms with E-state index in [9.17, 15) is 0 Å². The Morgan fingerprint density at radius 1 is 1.50 bits per heavy atom. The third kappa shape index (κ3) is 1.43. The molecule has 16 heavy (non-hydrogen) atoms. The molecule has 3 N–H and O–H groups in total. The Morgan fingerprint density at radius 2 is 2.31 bits per heavy atom. The van der Waals surface area contributed by atoms with Gasteiger partial charge in [-0.25, -0.2) is 0 Å². The van der Waals surface area contributed by atoms with Gasteiger partial charge >= 0.3 is 0 Å². The van der Waals surface area contributed by atoms with Crippen molar-refractivity contribution in [3.63, 3.8) is 0 Å². The molecule has 0 spiro atoms. The summed E-state index contributed by atoms with van der Waals surface area (Å²) in [6, 6.07) is 0.533. The molecule has 3 heterocycles. The molecule has 88 valence electrons. The third-order valence-electron chi connectivity index (χ3n) is 3.72. The number of nitrogens with zero attached hydrogens (tertiary/aromatic N) is 3. The lowest BCUT2D eigenvalue weighted by Gasteiger charge is -2.39. The molecule has 0 unspecified atom stereocenters. The van der Waals surface area contributed by atoms with Crippen LogP contribution in [0.2, 0.25) is 0 Å². The van der Waals surface area contributed by atoms with E-state index in [-0.39, 0.29) is 0 Å². The lowest BCUT2D eigenvalue weighted by atomic mass is 10.1. The van der Waals surface area contributed by atoms with Gasteiger partial charge in [0.15, 0.2) is 0 Å². The van der Waals surface area contributed by atoms with Crippen molar-refractivity contribution < 1.29 is 0 Å². The van der Waals surface area contributed by atoms with Gasteiger partial charge < -0.3 is 11.1 Å². The normalized spacial score (nSPS) is 21.8. The van der Waals surface area contributed by atoms with E-state index < -0.39 is 0 Å². The van der Waals surface area contributed by atoms with Crippen molar-refractivity contribution in [3.05, 3.63) is 11.3 Å². The zero-order valence-corrected chi connectivity index (χ0v) is 9.74. The molecule has 0 radical (unpaired) electrons. The zero-order valence-electron chi connectivity index (χ0n) is 9.74. The summed E-state index contributed by atoms with van der Waals surface area (Å²) in [6.07, 6.45) is 1.02. The van der Waals surface area contributed by atoms with E-state index in [0.717, 1.165) is 45.0 Å². The van der Waals surface area contributed by atoms with Crippen LogP contribution in [0.4, 0.5) is 5.82 Å². The number of hydrogen-bond acceptors (Lipinski definition) is 4. The van der Waals surface area contributed by atoms with Gasteiger partial charge in [0, 0.05) is 25.2 Å². The van der Waals surface area contributed by atoms with Crippen LogP contribution < -0.4 is 11.1 Å². The molecule has 0 aromatic carbocycles. The van der Waals surface area contributed by atoms with E-state index in [1.807, 2.05) is 0 Å². The number of nitrogen functional groups attached to an aromatic ring is 1. The van der Waals surface area contributed by atoms with Gasteiger partial charge in [-0.1, -0.05) is 6.92 Å². The fourth-order valence-corrected chi connectivity index (χ4v) is 2.66. The largest absolute Gasteiger partial charge is 0.382 e. The Balaban J connectivity index is 1.85.